The van der Waals surface area contributed by atoms with E-state index in [-0.39, 0.29) is 12.4 Å². The molecular formula is C10H21N3O2. The minimum absolute atomic E-state index is 0.149. The standard InChI is InChI=1S/C10H21N3O2/c11-10(12)13-8-6-4-2-1-3-5-7-9(14)15/h1-8H2,(H,14,15)(H4,11,12,13). The molecule has 0 aromatic heterocycles. The minimum Gasteiger partial charge on any atom is -0.481 e. The number of carboxylic acids is 1. The number of hydrogen-bond acceptors (Lipinski definition) is 2. The van der Waals surface area contributed by atoms with Crippen LogP contribution in [0.4, 0.5) is 0 Å². The second-order valence-corrected chi connectivity index (χ2v) is 3.57. The van der Waals surface area contributed by atoms with Crippen molar-refractivity contribution >= 4 is 11.9 Å². The molecule has 0 aliphatic heterocycles. The van der Waals surface area contributed by atoms with Gasteiger partial charge in [0.15, 0.2) is 5.96 Å². The highest BCUT2D eigenvalue weighted by molar-refractivity contribution is 5.75. The van der Waals surface area contributed by atoms with Crippen LogP contribution in [0.2, 0.25) is 0 Å². The predicted octanol–water partition coefficient (Wildman–Crippen LogP) is 1.08. The molecule has 0 spiro atoms. The van der Waals surface area contributed by atoms with Crippen LogP contribution >= 0.6 is 0 Å². The van der Waals surface area contributed by atoms with Gasteiger partial charge in [-0.1, -0.05) is 25.7 Å². The molecule has 0 radical (unpaired) electrons. The smallest absolute Gasteiger partial charge is 0.303 e. The number of rotatable bonds is 9. The molecular weight excluding hydrogens is 194 g/mol. The van der Waals surface area contributed by atoms with E-state index in [1.807, 2.05) is 0 Å². The van der Waals surface area contributed by atoms with Crippen molar-refractivity contribution in [3.8, 4) is 0 Å². The van der Waals surface area contributed by atoms with Crippen LogP contribution in [-0.2, 0) is 4.79 Å². The molecule has 0 rings (SSSR count). The van der Waals surface area contributed by atoms with Crippen LogP contribution in [0.3, 0.4) is 0 Å². The van der Waals surface area contributed by atoms with Crippen molar-refractivity contribution in [1.82, 2.24) is 0 Å². The zero-order chi connectivity index (χ0) is 11.5. The highest BCUT2D eigenvalue weighted by atomic mass is 16.4. The molecule has 0 aliphatic rings. The average Bonchev–Trinajstić information content (AvgIpc) is 2.14. The van der Waals surface area contributed by atoms with Gasteiger partial charge in [-0.05, 0) is 12.8 Å². The summed E-state index contributed by atoms with van der Waals surface area (Å²) in [4.78, 5) is 14.1. The van der Waals surface area contributed by atoms with E-state index < -0.39 is 5.97 Å². The summed E-state index contributed by atoms with van der Waals surface area (Å²) in [6.45, 7) is 0.692. The molecule has 0 atom stereocenters. The number of aliphatic carboxylic acids is 1. The zero-order valence-electron chi connectivity index (χ0n) is 9.11. The first-order valence-corrected chi connectivity index (χ1v) is 5.40. The number of carboxylic acid groups (broad SMARTS) is 1. The third-order valence-electron chi connectivity index (χ3n) is 2.09. The molecule has 0 amide bonds. The largest absolute Gasteiger partial charge is 0.481 e. The SMILES string of the molecule is NC(N)=NCCCCCCCCC(=O)O. The monoisotopic (exact) mass is 215 g/mol. The van der Waals surface area contributed by atoms with Crippen LogP contribution in [0.15, 0.2) is 4.99 Å². The minimum atomic E-state index is -0.706. The van der Waals surface area contributed by atoms with E-state index in [1.54, 1.807) is 0 Å². The molecule has 5 nitrogen and oxygen atoms in total. The van der Waals surface area contributed by atoms with Crippen molar-refractivity contribution in [3.63, 3.8) is 0 Å². The maximum absolute atomic E-state index is 10.2. The molecule has 0 fully saturated rings. The lowest BCUT2D eigenvalue weighted by atomic mass is 10.1. The van der Waals surface area contributed by atoms with Gasteiger partial charge in [-0.25, -0.2) is 0 Å². The van der Waals surface area contributed by atoms with E-state index in [9.17, 15) is 4.79 Å². The quantitative estimate of drug-likeness (QED) is 0.304. The van der Waals surface area contributed by atoms with Crippen LogP contribution in [-0.4, -0.2) is 23.6 Å². The van der Waals surface area contributed by atoms with E-state index in [0.29, 0.717) is 6.54 Å². The first-order chi connectivity index (χ1) is 7.13. The highest BCUT2D eigenvalue weighted by Crippen LogP contribution is 2.07. The van der Waals surface area contributed by atoms with Gasteiger partial charge in [-0.2, -0.15) is 0 Å². The van der Waals surface area contributed by atoms with E-state index in [4.69, 9.17) is 16.6 Å². The first kappa shape index (κ1) is 13.7. The molecule has 0 aromatic carbocycles. The van der Waals surface area contributed by atoms with Crippen LogP contribution in [0, 0.1) is 0 Å². The van der Waals surface area contributed by atoms with E-state index in [1.165, 1.54) is 0 Å². The van der Waals surface area contributed by atoms with Crippen LogP contribution in [0.1, 0.15) is 44.9 Å². The van der Waals surface area contributed by atoms with Crippen molar-refractivity contribution in [3.05, 3.63) is 0 Å². The predicted molar refractivity (Wildman–Crippen MR) is 60.6 cm³/mol. The zero-order valence-corrected chi connectivity index (χ0v) is 9.11. The van der Waals surface area contributed by atoms with Gasteiger partial charge in [0.05, 0.1) is 0 Å². The van der Waals surface area contributed by atoms with Crippen molar-refractivity contribution < 1.29 is 9.90 Å². The summed E-state index contributed by atoms with van der Waals surface area (Å²) in [7, 11) is 0. The summed E-state index contributed by atoms with van der Waals surface area (Å²) >= 11 is 0. The summed E-state index contributed by atoms with van der Waals surface area (Å²) in [5.41, 5.74) is 10.3. The molecule has 0 aliphatic carbocycles. The lowest BCUT2D eigenvalue weighted by Crippen LogP contribution is -2.22. The molecule has 0 bridgehead atoms. The highest BCUT2D eigenvalue weighted by Gasteiger charge is 1.96. The van der Waals surface area contributed by atoms with Crippen molar-refractivity contribution in [2.45, 2.75) is 44.9 Å². The summed E-state index contributed by atoms with van der Waals surface area (Å²) < 4.78 is 0. The Balaban J connectivity index is 3.05. The number of hydrogen-bond donors (Lipinski definition) is 3. The van der Waals surface area contributed by atoms with Gasteiger partial charge in [0.1, 0.15) is 0 Å². The Hall–Kier alpha value is -1.26. The molecule has 0 saturated carbocycles. The third kappa shape index (κ3) is 12.7. The second kappa shape index (κ2) is 9.30. The van der Waals surface area contributed by atoms with E-state index in [2.05, 4.69) is 4.99 Å². The van der Waals surface area contributed by atoms with Gasteiger partial charge < -0.3 is 16.6 Å². The Labute approximate surface area is 90.6 Å². The fraction of sp³-hybridized carbons (Fsp3) is 0.800. The van der Waals surface area contributed by atoms with Crippen molar-refractivity contribution in [1.29, 1.82) is 0 Å². The van der Waals surface area contributed by atoms with Gasteiger partial charge >= 0.3 is 5.97 Å². The summed E-state index contributed by atoms with van der Waals surface area (Å²) in [5, 5.41) is 8.40. The molecule has 0 heterocycles. The molecule has 5 heteroatoms. The summed E-state index contributed by atoms with van der Waals surface area (Å²) in [5.74, 6) is -0.556. The number of carbonyl (C=O) groups is 1. The van der Waals surface area contributed by atoms with Gasteiger partial charge in [0.2, 0.25) is 0 Å². The van der Waals surface area contributed by atoms with Gasteiger partial charge in [0.25, 0.3) is 0 Å². The Morgan fingerprint density at radius 2 is 1.53 bits per heavy atom. The van der Waals surface area contributed by atoms with Gasteiger partial charge in [-0.3, -0.25) is 9.79 Å². The lowest BCUT2D eigenvalue weighted by molar-refractivity contribution is -0.137. The summed E-state index contributed by atoms with van der Waals surface area (Å²) in [6.07, 6.45) is 6.38. The number of nitrogens with zero attached hydrogens (tertiary/aromatic N) is 1. The molecule has 5 N–H and O–H groups in total. The fourth-order valence-corrected chi connectivity index (χ4v) is 1.30. The molecule has 88 valence electrons. The van der Waals surface area contributed by atoms with Gasteiger partial charge in [0, 0.05) is 13.0 Å². The number of guanidine groups is 1. The van der Waals surface area contributed by atoms with Crippen molar-refractivity contribution in [2.75, 3.05) is 6.54 Å². The Bertz CT molecular complexity index is 201. The number of nitrogens with two attached hydrogens (primary N) is 2. The molecule has 0 saturated heterocycles. The normalized spacial score (nSPS) is 9.87. The molecule has 15 heavy (non-hydrogen) atoms. The van der Waals surface area contributed by atoms with Gasteiger partial charge in [-0.15, -0.1) is 0 Å². The van der Waals surface area contributed by atoms with Crippen molar-refractivity contribution in [2.24, 2.45) is 16.5 Å². The topological polar surface area (TPSA) is 102 Å². The van der Waals surface area contributed by atoms with Crippen LogP contribution < -0.4 is 11.5 Å². The first-order valence-electron chi connectivity index (χ1n) is 5.40. The Morgan fingerprint density at radius 3 is 2.07 bits per heavy atom. The Kier molecular flexibility index (Phi) is 8.52. The number of unbranched alkanes of at least 4 members (excludes halogenated alkanes) is 5. The number of aliphatic imine (C=N–C) groups is 1. The van der Waals surface area contributed by atoms with Crippen LogP contribution in [0.25, 0.3) is 0 Å². The second-order valence-electron chi connectivity index (χ2n) is 3.57. The van der Waals surface area contributed by atoms with Crippen LogP contribution in [0.5, 0.6) is 0 Å². The summed E-state index contributed by atoms with van der Waals surface area (Å²) in [6, 6.07) is 0. The maximum atomic E-state index is 10.2. The molecule has 0 aromatic rings. The van der Waals surface area contributed by atoms with E-state index >= 15 is 0 Å². The molecule has 0 unspecified atom stereocenters. The average molecular weight is 215 g/mol. The Morgan fingerprint density at radius 1 is 1.00 bits per heavy atom. The maximum Gasteiger partial charge on any atom is 0.303 e. The fourth-order valence-electron chi connectivity index (χ4n) is 1.30. The van der Waals surface area contributed by atoms with E-state index in [0.717, 1.165) is 38.5 Å². The lowest BCUT2D eigenvalue weighted by Gasteiger charge is -1.99. The third-order valence-corrected chi connectivity index (χ3v) is 2.09.